The number of alkyl halides is 3. The first-order valence-corrected chi connectivity index (χ1v) is 5.50. The van der Waals surface area contributed by atoms with Crippen LogP contribution in [-0.2, 0) is 0 Å². The van der Waals surface area contributed by atoms with Crippen molar-refractivity contribution < 1.29 is 22.8 Å². The molecule has 2 N–H and O–H groups in total. The van der Waals surface area contributed by atoms with Gasteiger partial charge in [-0.2, -0.15) is 0 Å². The predicted molar refractivity (Wildman–Crippen MR) is 63.6 cm³/mol. The van der Waals surface area contributed by atoms with Crippen molar-refractivity contribution in [3.63, 3.8) is 0 Å². The molecule has 1 heterocycles. The quantitative estimate of drug-likeness (QED) is 0.936. The minimum Gasteiger partial charge on any atom is -0.365 e. The minimum absolute atomic E-state index is 0.0415. The van der Waals surface area contributed by atoms with Gasteiger partial charge >= 0.3 is 6.36 Å². The molecule has 0 unspecified atom stereocenters. The van der Waals surface area contributed by atoms with E-state index < -0.39 is 12.3 Å². The lowest BCUT2D eigenvalue weighted by atomic mass is 10.1. The van der Waals surface area contributed by atoms with E-state index >= 15 is 0 Å². The molecule has 1 aromatic carbocycles. The molecular weight excluding hydrogens is 275 g/mol. The fourth-order valence-corrected chi connectivity index (χ4v) is 1.76. The fourth-order valence-electron chi connectivity index (χ4n) is 1.76. The van der Waals surface area contributed by atoms with E-state index in [9.17, 15) is 18.0 Å². The average molecular weight is 285 g/mol. The number of rotatable bonds is 3. The van der Waals surface area contributed by atoms with Gasteiger partial charge in [-0.15, -0.1) is 18.3 Å². The van der Waals surface area contributed by atoms with Crippen LogP contribution >= 0.6 is 0 Å². The second-order valence-corrected chi connectivity index (χ2v) is 3.95. The molecule has 0 aliphatic heterocycles. The Morgan fingerprint density at radius 3 is 2.40 bits per heavy atom. The number of hydrogen-bond acceptors (Lipinski definition) is 3. The molecule has 0 fully saturated rings. The van der Waals surface area contributed by atoms with Gasteiger partial charge < -0.3 is 5.73 Å². The summed E-state index contributed by atoms with van der Waals surface area (Å²) in [6, 6.07) is 8.26. The van der Waals surface area contributed by atoms with Crippen LogP contribution < -0.4 is 10.6 Å². The van der Waals surface area contributed by atoms with Gasteiger partial charge in [0.2, 0.25) is 0 Å². The number of nitrogens with zero attached hydrogens (tertiary/aromatic N) is 2. The lowest BCUT2D eigenvalue weighted by Gasteiger charge is -2.08. The molecule has 0 saturated heterocycles. The van der Waals surface area contributed by atoms with Crippen LogP contribution in [0.4, 0.5) is 13.2 Å². The van der Waals surface area contributed by atoms with Gasteiger partial charge in [-0.3, -0.25) is 9.63 Å². The molecule has 0 spiro atoms. The van der Waals surface area contributed by atoms with Crippen molar-refractivity contribution in [2.75, 3.05) is 0 Å². The summed E-state index contributed by atoms with van der Waals surface area (Å²) in [6.45, 7) is 1.27. The number of aromatic nitrogens is 2. The van der Waals surface area contributed by atoms with E-state index in [2.05, 4.69) is 9.94 Å². The number of amides is 1. The topological polar surface area (TPSA) is 70.1 Å². The van der Waals surface area contributed by atoms with Crippen LogP contribution in [0.25, 0.3) is 11.3 Å². The monoisotopic (exact) mass is 285 g/mol. The van der Waals surface area contributed by atoms with Crippen molar-refractivity contribution >= 4 is 5.91 Å². The highest BCUT2D eigenvalue weighted by molar-refractivity contribution is 6.00. The van der Waals surface area contributed by atoms with E-state index in [0.29, 0.717) is 5.56 Å². The Bertz CT molecular complexity index is 635. The van der Waals surface area contributed by atoms with Crippen molar-refractivity contribution in [2.24, 2.45) is 5.73 Å². The maximum Gasteiger partial charge on any atom is 0.593 e. The van der Waals surface area contributed by atoms with E-state index in [0.717, 1.165) is 0 Å². The second-order valence-electron chi connectivity index (χ2n) is 3.95. The van der Waals surface area contributed by atoms with Gasteiger partial charge in [-0.05, 0) is 6.92 Å². The Morgan fingerprint density at radius 2 is 1.90 bits per heavy atom. The van der Waals surface area contributed by atoms with Crippen molar-refractivity contribution in [1.82, 2.24) is 9.94 Å². The van der Waals surface area contributed by atoms with Gasteiger partial charge in [0.15, 0.2) is 0 Å². The standard InChI is InChI=1S/C12H10F3N3O2/c1-7-9(11(16)19)10(8-5-3-2-4-6-8)17-18(7)20-12(13,14)15/h2-6H,1H3,(H2,16,19). The highest BCUT2D eigenvalue weighted by Crippen LogP contribution is 2.25. The first-order valence-electron chi connectivity index (χ1n) is 5.50. The minimum atomic E-state index is -4.92. The zero-order chi connectivity index (χ0) is 14.9. The van der Waals surface area contributed by atoms with Crippen LogP contribution in [0, 0.1) is 6.92 Å². The lowest BCUT2D eigenvalue weighted by Crippen LogP contribution is -2.29. The largest absolute Gasteiger partial charge is 0.593 e. The second kappa shape index (κ2) is 4.87. The molecule has 0 atom stereocenters. The number of halogens is 3. The molecule has 0 aliphatic carbocycles. The number of carbonyl (C=O) groups is 1. The normalized spacial score (nSPS) is 11.4. The van der Waals surface area contributed by atoms with Gasteiger partial charge in [-0.25, -0.2) is 0 Å². The first-order chi connectivity index (χ1) is 9.29. The maximum atomic E-state index is 12.3. The molecule has 0 saturated carbocycles. The molecule has 20 heavy (non-hydrogen) atoms. The van der Waals surface area contributed by atoms with Crippen LogP contribution in [0.2, 0.25) is 0 Å². The van der Waals surface area contributed by atoms with E-state index in [1.54, 1.807) is 30.3 Å². The Labute approximate surface area is 111 Å². The smallest absolute Gasteiger partial charge is 0.365 e. The van der Waals surface area contributed by atoms with Crippen LogP contribution in [0.3, 0.4) is 0 Å². The van der Waals surface area contributed by atoms with Crippen molar-refractivity contribution in [3.05, 3.63) is 41.6 Å². The van der Waals surface area contributed by atoms with Gasteiger partial charge in [-0.1, -0.05) is 35.2 Å². The molecule has 1 amide bonds. The third-order valence-corrected chi connectivity index (χ3v) is 2.56. The summed E-state index contributed by atoms with van der Waals surface area (Å²) in [5.41, 5.74) is 5.48. The molecule has 5 nitrogen and oxygen atoms in total. The summed E-state index contributed by atoms with van der Waals surface area (Å²) in [5.74, 6) is -0.877. The van der Waals surface area contributed by atoms with Crippen LogP contribution in [0.1, 0.15) is 16.1 Å². The SMILES string of the molecule is Cc1c(C(N)=O)c(-c2ccccc2)nn1OC(F)(F)F. The maximum absolute atomic E-state index is 12.3. The van der Waals surface area contributed by atoms with Crippen LogP contribution in [0.15, 0.2) is 30.3 Å². The fraction of sp³-hybridized carbons (Fsp3) is 0.167. The Balaban J connectivity index is 2.57. The molecule has 0 bridgehead atoms. The third-order valence-electron chi connectivity index (χ3n) is 2.56. The van der Waals surface area contributed by atoms with Crippen molar-refractivity contribution in [3.8, 4) is 11.3 Å². The number of nitrogens with two attached hydrogens (primary N) is 1. The summed E-state index contributed by atoms with van der Waals surface area (Å²) >= 11 is 0. The molecule has 1 aromatic heterocycles. The Morgan fingerprint density at radius 1 is 1.30 bits per heavy atom. The van der Waals surface area contributed by atoms with Crippen LogP contribution in [0.5, 0.6) is 0 Å². The van der Waals surface area contributed by atoms with Crippen LogP contribution in [-0.4, -0.2) is 22.2 Å². The molecule has 2 aromatic rings. The Kier molecular flexibility index (Phi) is 3.39. The summed E-state index contributed by atoms with van der Waals surface area (Å²) in [6.07, 6.45) is -4.92. The van der Waals surface area contributed by atoms with E-state index in [4.69, 9.17) is 5.73 Å². The highest BCUT2D eigenvalue weighted by Gasteiger charge is 2.34. The average Bonchev–Trinajstić information content (AvgIpc) is 2.66. The number of benzene rings is 1. The van der Waals surface area contributed by atoms with E-state index in [-0.39, 0.29) is 21.8 Å². The summed E-state index contributed by atoms with van der Waals surface area (Å²) < 4.78 is 36.8. The van der Waals surface area contributed by atoms with Crippen molar-refractivity contribution in [1.29, 1.82) is 0 Å². The molecule has 8 heteroatoms. The van der Waals surface area contributed by atoms with E-state index in [1.165, 1.54) is 6.92 Å². The summed E-state index contributed by atoms with van der Waals surface area (Å²) in [5, 5.41) is 3.66. The molecular formula is C12H10F3N3O2. The third kappa shape index (κ3) is 2.73. The summed E-state index contributed by atoms with van der Waals surface area (Å²) in [7, 11) is 0. The number of primary amides is 1. The first kappa shape index (κ1) is 13.9. The van der Waals surface area contributed by atoms with Gasteiger partial charge in [0.25, 0.3) is 5.91 Å². The summed E-state index contributed by atoms with van der Waals surface area (Å²) in [4.78, 5) is 15.4. The molecule has 2 rings (SSSR count). The zero-order valence-electron chi connectivity index (χ0n) is 10.3. The van der Waals surface area contributed by atoms with Gasteiger partial charge in [0.1, 0.15) is 5.69 Å². The van der Waals surface area contributed by atoms with E-state index in [1.807, 2.05) is 0 Å². The lowest BCUT2D eigenvalue weighted by molar-refractivity contribution is -0.328. The molecule has 0 aliphatic rings. The van der Waals surface area contributed by atoms with Crippen molar-refractivity contribution in [2.45, 2.75) is 13.3 Å². The highest BCUT2D eigenvalue weighted by atomic mass is 19.4. The number of hydrogen-bond donors (Lipinski definition) is 1. The van der Waals surface area contributed by atoms with Gasteiger partial charge in [0.05, 0.1) is 11.3 Å². The van der Waals surface area contributed by atoms with Gasteiger partial charge in [0, 0.05) is 5.56 Å². The molecule has 0 radical (unpaired) electrons. The Hall–Kier alpha value is -2.51. The zero-order valence-corrected chi connectivity index (χ0v) is 10.3. The predicted octanol–water partition coefficient (Wildman–Crippen LogP) is 1.91. The number of carbonyl (C=O) groups excluding carboxylic acids is 1. The molecule has 106 valence electrons.